The molecule has 6 heteroatoms. The van der Waals surface area contributed by atoms with Gasteiger partial charge in [0.1, 0.15) is 0 Å². The van der Waals surface area contributed by atoms with Gasteiger partial charge < -0.3 is 10.1 Å². The zero-order valence-electron chi connectivity index (χ0n) is 10.4. The molecule has 1 saturated heterocycles. The van der Waals surface area contributed by atoms with Gasteiger partial charge in [0.15, 0.2) is 0 Å². The van der Waals surface area contributed by atoms with E-state index in [0.717, 1.165) is 18.7 Å². The van der Waals surface area contributed by atoms with Crippen molar-refractivity contribution >= 4 is 10.0 Å². The summed E-state index contributed by atoms with van der Waals surface area (Å²) in [6.07, 6.45) is 1.36. The Hall–Kier alpha value is -0.430. The lowest BCUT2D eigenvalue weighted by atomic mass is 10.2. The summed E-state index contributed by atoms with van der Waals surface area (Å²) in [5, 5.41) is 2.89. The Labute approximate surface area is 104 Å². The number of rotatable bonds is 7. The smallest absolute Gasteiger partial charge is 0.214 e. The fraction of sp³-hybridized carbons (Fsp3) is 0.818. The van der Waals surface area contributed by atoms with Crippen molar-refractivity contribution < 1.29 is 13.2 Å². The van der Waals surface area contributed by atoms with E-state index in [1.165, 1.54) is 0 Å². The monoisotopic (exact) mass is 262 g/mol. The molecule has 0 amide bonds. The Morgan fingerprint density at radius 1 is 1.47 bits per heavy atom. The zero-order valence-corrected chi connectivity index (χ0v) is 11.2. The first-order valence-electron chi connectivity index (χ1n) is 5.93. The minimum absolute atomic E-state index is 0.259. The van der Waals surface area contributed by atoms with E-state index < -0.39 is 10.0 Å². The van der Waals surface area contributed by atoms with Crippen LogP contribution in [-0.2, 0) is 14.8 Å². The van der Waals surface area contributed by atoms with Crippen molar-refractivity contribution in [2.24, 2.45) is 0 Å². The van der Waals surface area contributed by atoms with Crippen LogP contribution in [0.3, 0.4) is 0 Å². The van der Waals surface area contributed by atoms with Crippen molar-refractivity contribution in [3.05, 3.63) is 12.2 Å². The van der Waals surface area contributed by atoms with E-state index in [0.29, 0.717) is 32.6 Å². The van der Waals surface area contributed by atoms with Crippen LogP contribution < -0.4 is 10.0 Å². The topological polar surface area (TPSA) is 67.4 Å². The Bertz CT molecular complexity index is 335. The van der Waals surface area contributed by atoms with Crippen LogP contribution in [0.4, 0.5) is 0 Å². The highest BCUT2D eigenvalue weighted by Gasteiger charge is 2.26. The van der Waals surface area contributed by atoms with Gasteiger partial charge in [-0.15, -0.1) is 0 Å². The largest absolute Gasteiger partial charge is 0.376 e. The van der Waals surface area contributed by atoms with Crippen LogP contribution in [-0.4, -0.2) is 46.5 Å². The molecule has 0 spiro atoms. The summed E-state index contributed by atoms with van der Waals surface area (Å²) in [5.41, 5.74) is 0.936. The summed E-state index contributed by atoms with van der Waals surface area (Å²) < 4.78 is 31.6. The molecular formula is C11H22N2O3S. The average Bonchev–Trinajstić information content (AvgIpc) is 2.29. The van der Waals surface area contributed by atoms with Crippen LogP contribution >= 0.6 is 0 Å². The highest BCUT2D eigenvalue weighted by atomic mass is 32.2. The van der Waals surface area contributed by atoms with Crippen LogP contribution in [0, 0.1) is 0 Å². The zero-order chi connectivity index (χ0) is 12.7. The number of sulfonamides is 1. The van der Waals surface area contributed by atoms with E-state index in [4.69, 9.17) is 4.74 Å². The van der Waals surface area contributed by atoms with Crippen LogP contribution in [0.2, 0.25) is 0 Å². The lowest BCUT2D eigenvalue weighted by Crippen LogP contribution is -2.42. The van der Waals surface area contributed by atoms with Gasteiger partial charge in [-0.05, 0) is 32.9 Å². The number of nitrogens with one attached hydrogen (secondary N) is 2. The molecule has 17 heavy (non-hydrogen) atoms. The third kappa shape index (κ3) is 5.63. The number of piperidine rings is 1. The molecule has 0 atom stereocenters. The summed E-state index contributed by atoms with van der Waals surface area (Å²) in [5.74, 6) is 0. The molecule has 0 aliphatic carbocycles. The SMILES string of the molecule is C=C(C)COCCNS(=O)(=O)C1CCNCC1. The van der Waals surface area contributed by atoms with Gasteiger partial charge in [-0.2, -0.15) is 0 Å². The summed E-state index contributed by atoms with van der Waals surface area (Å²) >= 11 is 0. The second-order valence-corrected chi connectivity index (χ2v) is 6.44. The van der Waals surface area contributed by atoms with Crippen molar-refractivity contribution in [3.63, 3.8) is 0 Å². The quantitative estimate of drug-likeness (QED) is 0.510. The summed E-state index contributed by atoms with van der Waals surface area (Å²) in [7, 11) is -3.18. The highest BCUT2D eigenvalue weighted by molar-refractivity contribution is 7.90. The van der Waals surface area contributed by atoms with Gasteiger partial charge in [-0.1, -0.05) is 12.2 Å². The molecule has 1 aliphatic heterocycles. The molecule has 1 heterocycles. The normalized spacial score (nSPS) is 18.2. The van der Waals surface area contributed by atoms with Crippen molar-refractivity contribution in [3.8, 4) is 0 Å². The molecule has 0 bridgehead atoms. The standard InChI is InChI=1S/C11H22N2O3S/c1-10(2)9-16-8-7-13-17(14,15)11-3-5-12-6-4-11/h11-13H,1,3-9H2,2H3. The van der Waals surface area contributed by atoms with E-state index in [1.54, 1.807) is 0 Å². The van der Waals surface area contributed by atoms with Crippen LogP contribution in [0.15, 0.2) is 12.2 Å². The van der Waals surface area contributed by atoms with Gasteiger partial charge in [0.25, 0.3) is 0 Å². The van der Waals surface area contributed by atoms with E-state index in [-0.39, 0.29) is 5.25 Å². The highest BCUT2D eigenvalue weighted by Crippen LogP contribution is 2.11. The Morgan fingerprint density at radius 3 is 2.71 bits per heavy atom. The summed E-state index contributed by atoms with van der Waals surface area (Å²) in [6, 6.07) is 0. The molecule has 0 aromatic rings. The molecule has 0 saturated carbocycles. The average molecular weight is 262 g/mol. The van der Waals surface area contributed by atoms with Crippen molar-refractivity contribution in [1.82, 2.24) is 10.0 Å². The Kier molecular flexibility index (Phi) is 6.11. The van der Waals surface area contributed by atoms with Crippen LogP contribution in [0.1, 0.15) is 19.8 Å². The third-order valence-electron chi connectivity index (χ3n) is 2.62. The van der Waals surface area contributed by atoms with Crippen molar-refractivity contribution in [2.45, 2.75) is 25.0 Å². The third-order valence-corrected chi connectivity index (χ3v) is 4.58. The molecule has 0 radical (unpaired) electrons. The minimum Gasteiger partial charge on any atom is -0.376 e. The minimum atomic E-state index is -3.18. The van der Waals surface area contributed by atoms with Crippen LogP contribution in [0.25, 0.3) is 0 Å². The molecule has 100 valence electrons. The van der Waals surface area contributed by atoms with Gasteiger partial charge in [0.2, 0.25) is 10.0 Å². The maximum atomic E-state index is 11.9. The molecule has 0 aromatic carbocycles. The van der Waals surface area contributed by atoms with Gasteiger partial charge >= 0.3 is 0 Å². The molecule has 1 fully saturated rings. The number of hydrogen-bond donors (Lipinski definition) is 2. The first-order valence-corrected chi connectivity index (χ1v) is 7.48. The predicted octanol–water partition coefficient (Wildman–Crippen LogP) is 0.251. The van der Waals surface area contributed by atoms with Gasteiger partial charge in [0.05, 0.1) is 18.5 Å². The predicted molar refractivity (Wildman–Crippen MR) is 68.4 cm³/mol. The molecule has 1 rings (SSSR count). The van der Waals surface area contributed by atoms with Gasteiger partial charge in [-0.25, -0.2) is 13.1 Å². The fourth-order valence-corrected chi connectivity index (χ4v) is 3.19. The van der Waals surface area contributed by atoms with E-state index >= 15 is 0 Å². The lowest BCUT2D eigenvalue weighted by Gasteiger charge is -2.22. The first-order chi connectivity index (χ1) is 8.02. The maximum absolute atomic E-state index is 11.9. The van der Waals surface area contributed by atoms with E-state index in [9.17, 15) is 8.42 Å². The fourth-order valence-electron chi connectivity index (χ4n) is 1.73. The number of ether oxygens (including phenoxy) is 1. The van der Waals surface area contributed by atoms with Crippen molar-refractivity contribution in [1.29, 1.82) is 0 Å². The molecule has 1 aliphatic rings. The van der Waals surface area contributed by atoms with Crippen molar-refractivity contribution in [2.75, 3.05) is 32.8 Å². The van der Waals surface area contributed by atoms with E-state index in [1.807, 2.05) is 6.92 Å². The summed E-state index contributed by atoms with van der Waals surface area (Å²) in [4.78, 5) is 0. The molecule has 5 nitrogen and oxygen atoms in total. The Balaban J connectivity index is 2.22. The molecule has 2 N–H and O–H groups in total. The van der Waals surface area contributed by atoms with Gasteiger partial charge in [0, 0.05) is 6.54 Å². The van der Waals surface area contributed by atoms with E-state index in [2.05, 4.69) is 16.6 Å². The summed E-state index contributed by atoms with van der Waals surface area (Å²) in [6.45, 7) is 8.33. The molecule has 0 aromatic heterocycles. The lowest BCUT2D eigenvalue weighted by molar-refractivity contribution is 0.162. The number of hydrogen-bond acceptors (Lipinski definition) is 4. The molecule has 0 unspecified atom stereocenters. The van der Waals surface area contributed by atoms with Crippen LogP contribution in [0.5, 0.6) is 0 Å². The molecular weight excluding hydrogens is 240 g/mol. The Morgan fingerprint density at radius 2 is 2.12 bits per heavy atom. The van der Waals surface area contributed by atoms with Gasteiger partial charge in [-0.3, -0.25) is 0 Å². The second-order valence-electron chi connectivity index (χ2n) is 4.40. The second kappa shape index (κ2) is 7.10. The first kappa shape index (κ1) is 14.6. The maximum Gasteiger partial charge on any atom is 0.214 e.